The fourth-order valence-corrected chi connectivity index (χ4v) is 7.04. The van der Waals surface area contributed by atoms with Crippen molar-refractivity contribution in [1.29, 1.82) is 0 Å². The van der Waals surface area contributed by atoms with Gasteiger partial charge in [0, 0.05) is 22.6 Å². The minimum absolute atomic E-state index is 0.0360. The average molecular weight is 647 g/mol. The van der Waals surface area contributed by atoms with E-state index in [4.69, 9.17) is 27.9 Å². The average Bonchev–Trinajstić information content (AvgIpc) is 3.00. The lowest BCUT2D eigenvalue weighted by Gasteiger charge is -2.34. The maximum Gasteiger partial charge on any atom is 0.264 e. The third-order valence-electron chi connectivity index (χ3n) is 7.60. The third-order valence-corrected chi connectivity index (χ3v) is 9.88. The molecule has 1 aliphatic rings. The van der Waals surface area contributed by atoms with Crippen LogP contribution in [0.2, 0.25) is 10.0 Å². The minimum atomic E-state index is -4.23. The first-order chi connectivity index (χ1) is 20.6. The molecule has 0 bridgehead atoms. The molecular formula is C32H37Cl2N3O5S. The number of nitrogens with zero attached hydrogens (tertiary/aromatic N) is 2. The third kappa shape index (κ3) is 8.43. The number of ether oxygens (including phenoxy) is 1. The van der Waals surface area contributed by atoms with E-state index in [0.717, 1.165) is 42.0 Å². The van der Waals surface area contributed by atoms with Crippen LogP contribution in [0.5, 0.6) is 5.75 Å². The van der Waals surface area contributed by atoms with Crippen LogP contribution < -0.4 is 14.4 Å². The Labute approximate surface area is 264 Å². The number of carbonyl (C=O) groups excluding carboxylic acids is 2. The molecule has 8 nitrogen and oxygen atoms in total. The highest BCUT2D eigenvalue weighted by molar-refractivity contribution is 7.92. The summed E-state index contributed by atoms with van der Waals surface area (Å²) in [5.41, 5.74) is 0.961. The number of rotatable bonds is 12. The molecule has 0 spiro atoms. The first kappa shape index (κ1) is 32.6. The number of methoxy groups -OCH3 is 1. The molecule has 1 fully saturated rings. The van der Waals surface area contributed by atoms with Crippen molar-refractivity contribution in [3.63, 3.8) is 0 Å². The molecule has 0 aliphatic heterocycles. The normalized spacial score (nSPS) is 14.5. The van der Waals surface area contributed by atoms with Crippen LogP contribution in [0, 0.1) is 0 Å². The molecule has 2 amide bonds. The number of amides is 2. The smallest absolute Gasteiger partial charge is 0.264 e. The van der Waals surface area contributed by atoms with Crippen LogP contribution in [0.25, 0.3) is 0 Å². The number of sulfonamides is 1. The summed E-state index contributed by atoms with van der Waals surface area (Å²) < 4.78 is 34.3. The Balaban J connectivity index is 1.71. The van der Waals surface area contributed by atoms with Crippen molar-refractivity contribution in [3.8, 4) is 5.75 Å². The summed E-state index contributed by atoms with van der Waals surface area (Å²) in [7, 11) is -2.67. The number of hydrogen-bond donors (Lipinski definition) is 1. The summed E-state index contributed by atoms with van der Waals surface area (Å²) in [6, 6.07) is 18.5. The Morgan fingerprint density at radius 1 is 0.953 bits per heavy atom. The quantitative estimate of drug-likeness (QED) is 0.244. The summed E-state index contributed by atoms with van der Waals surface area (Å²) in [6.45, 7) is 1.37. The van der Waals surface area contributed by atoms with Crippen molar-refractivity contribution in [2.45, 2.75) is 69.0 Å². The van der Waals surface area contributed by atoms with Crippen molar-refractivity contribution in [3.05, 3.63) is 88.4 Å². The van der Waals surface area contributed by atoms with Gasteiger partial charge in [0.15, 0.2) is 0 Å². The molecule has 3 aromatic carbocycles. The molecule has 3 aromatic rings. The van der Waals surface area contributed by atoms with Crippen molar-refractivity contribution in [2.24, 2.45) is 0 Å². The van der Waals surface area contributed by atoms with E-state index in [-0.39, 0.29) is 29.1 Å². The van der Waals surface area contributed by atoms with Crippen LogP contribution in [0.3, 0.4) is 0 Å². The van der Waals surface area contributed by atoms with Crippen LogP contribution in [0.4, 0.5) is 5.69 Å². The molecule has 43 heavy (non-hydrogen) atoms. The predicted molar refractivity (Wildman–Crippen MR) is 170 cm³/mol. The molecular weight excluding hydrogens is 609 g/mol. The van der Waals surface area contributed by atoms with E-state index in [0.29, 0.717) is 22.2 Å². The van der Waals surface area contributed by atoms with Gasteiger partial charge in [-0.15, -0.1) is 0 Å². The molecule has 1 saturated carbocycles. The zero-order valence-electron chi connectivity index (χ0n) is 24.3. The number of benzene rings is 3. The summed E-state index contributed by atoms with van der Waals surface area (Å²) in [4.78, 5) is 29.3. The molecule has 11 heteroatoms. The lowest BCUT2D eigenvalue weighted by Crippen LogP contribution is -2.54. The van der Waals surface area contributed by atoms with Crippen LogP contribution >= 0.6 is 23.2 Å². The molecule has 0 aromatic heterocycles. The zero-order chi connectivity index (χ0) is 31.0. The van der Waals surface area contributed by atoms with Crippen molar-refractivity contribution in [2.75, 3.05) is 18.0 Å². The molecule has 1 unspecified atom stereocenters. The molecule has 0 radical (unpaired) electrons. The topological polar surface area (TPSA) is 96.0 Å². The maximum atomic E-state index is 14.3. The van der Waals surface area contributed by atoms with Gasteiger partial charge < -0.3 is 15.0 Å². The van der Waals surface area contributed by atoms with E-state index in [1.165, 1.54) is 35.2 Å². The van der Waals surface area contributed by atoms with E-state index in [1.807, 2.05) is 19.1 Å². The Hall–Kier alpha value is -3.27. The first-order valence-electron chi connectivity index (χ1n) is 14.4. The number of nitrogens with one attached hydrogen (secondary N) is 1. The van der Waals surface area contributed by atoms with Crippen molar-refractivity contribution in [1.82, 2.24) is 10.2 Å². The van der Waals surface area contributed by atoms with Gasteiger partial charge in [0.05, 0.1) is 17.7 Å². The second-order valence-electron chi connectivity index (χ2n) is 10.6. The summed E-state index contributed by atoms with van der Waals surface area (Å²) in [5, 5.41) is 3.84. The summed E-state index contributed by atoms with van der Waals surface area (Å²) in [5.74, 6) is -0.179. The second kappa shape index (κ2) is 14.9. The molecule has 4 rings (SSSR count). The van der Waals surface area contributed by atoms with Crippen molar-refractivity contribution >= 4 is 50.7 Å². The number of anilines is 1. The van der Waals surface area contributed by atoms with Gasteiger partial charge >= 0.3 is 0 Å². The number of halogens is 2. The standard InChI is InChI=1S/C32H37Cl2N3O5S/c1-3-30(32(39)35-26-11-5-4-6-12-26)36(21-23-9-7-14-28(19-23)42-2)31(38)22-37(27-13-8-10-25(34)20-27)43(40,41)29-17-15-24(33)16-18-29/h7-10,13-20,26,30H,3-6,11-12,21-22H2,1-2H3,(H,35,39). The number of carbonyl (C=O) groups is 2. The highest BCUT2D eigenvalue weighted by Crippen LogP contribution is 2.28. The zero-order valence-corrected chi connectivity index (χ0v) is 26.7. The summed E-state index contributed by atoms with van der Waals surface area (Å²) >= 11 is 12.3. The van der Waals surface area contributed by atoms with Gasteiger partial charge in [-0.25, -0.2) is 8.42 Å². The largest absolute Gasteiger partial charge is 0.497 e. The molecule has 0 heterocycles. The first-order valence-corrected chi connectivity index (χ1v) is 16.6. The highest BCUT2D eigenvalue weighted by atomic mass is 35.5. The molecule has 1 atom stereocenters. The SMILES string of the molecule is CCC(C(=O)NC1CCCCC1)N(Cc1cccc(OC)c1)C(=O)CN(c1cccc(Cl)c1)S(=O)(=O)c1ccc(Cl)cc1. The highest BCUT2D eigenvalue weighted by Gasteiger charge is 2.34. The Morgan fingerprint density at radius 2 is 1.65 bits per heavy atom. The van der Waals surface area contributed by atoms with E-state index >= 15 is 0 Å². The molecule has 230 valence electrons. The fraction of sp³-hybridized carbons (Fsp3) is 0.375. The van der Waals surface area contributed by atoms with Crippen LogP contribution in [0.1, 0.15) is 51.0 Å². The van der Waals surface area contributed by atoms with Crippen LogP contribution in [-0.4, -0.2) is 50.9 Å². The Bertz CT molecular complexity index is 1510. The Morgan fingerprint density at radius 3 is 2.30 bits per heavy atom. The van der Waals surface area contributed by atoms with E-state index < -0.39 is 28.5 Å². The molecule has 1 N–H and O–H groups in total. The van der Waals surface area contributed by atoms with Gasteiger partial charge in [0.2, 0.25) is 11.8 Å². The van der Waals surface area contributed by atoms with Crippen LogP contribution in [0.15, 0.2) is 77.7 Å². The lowest BCUT2D eigenvalue weighted by molar-refractivity contribution is -0.140. The van der Waals surface area contributed by atoms with Gasteiger partial charge in [-0.2, -0.15) is 0 Å². The minimum Gasteiger partial charge on any atom is -0.497 e. The van der Waals surface area contributed by atoms with Gasteiger partial charge in [0.25, 0.3) is 10.0 Å². The van der Waals surface area contributed by atoms with E-state index in [1.54, 1.807) is 37.4 Å². The van der Waals surface area contributed by atoms with E-state index in [2.05, 4.69) is 5.32 Å². The number of hydrogen-bond acceptors (Lipinski definition) is 5. The maximum absolute atomic E-state index is 14.3. The second-order valence-corrected chi connectivity index (χ2v) is 13.3. The van der Waals surface area contributed by atoms with Gasteiger partial charge in [0.1, 0.15) is 18.3 Å². The molecule has 0 saturated heterocycles. The fourth-order valence-electron chi connectivity index (χ4n) is 5.33. The summed E-state index contributed by atoms with van der Waals surface area (Å²) in [6.07, 6.45) is 5.37. The van der Waals surface area contributed by atoms with Gasteiger partial charge in [-0.3, -0.25) is 13.9 Å². The lowest BCUT2D eigenvalue weighted by atomic mass is 9.95. The predicted octanol–water partition coefficient (Wildman–Crippen LogP) is 6.45. The van der Waals surface area contributed by atoms with Gasteiger partial charge in [-0.1, -0.05) is 67.6 Å². The Kier molecular flexibility index (Phi) is 11.3. The molecule has 1 aliphatic carbocycles. The van der Waals surface area contributed by atoms with Crippen molar-refractivity contribution < 1.29 is 22.7 Å². The van der Waals surface area contributed by atoms with Gasteiger partial charge in [-0.05, 0) is 79.4 Å². The van der Waals surface area contributed by atoms with E-state index in [9.17, 15) is 18.0 Å². The van der Waals surface area contributed by atoms with Crippen LogP contribution in [-0.2, 0) is 26.2 Å². The monoisotopic (exact) mass is 645 g/mol.